The highest BCUT2D eigenvalue weighted by atomic mass is 15.2. The van der Waals surface area contributed by atoms with Crippen LogP contribution in [0.1, 0.15) is 32.6 Å². The highest BCUT2D eigenvalue weighted by Crippen LogP contribution is 2.25. The first kappa shape index (κ1) is 8.52. The normalized spacial score (nSPS) is 38.5. The molecule has 1 saturated heterocycles. The Kier molecular flexibility index (Phi) is 2.13. The van der Waals surface area contributed by atoms with Gasteiger partial charge in [-0.2, -0.15) is 0 Å². The Morgan fingerprint density at radius 1 is 1.42 bits per heavy atom. The molecule has 1 heterocycles. The smallest absolute Gasteiger partial charge is 0.0294 e. The maximum Gasteiger partial charge on any atom is 0.0294 e. The number of rotatable bonds is 2. The van der Waals surface area contributed by atoms with E-state index in [0.717, 1.165) is 6.04 Å². The van der Waals surface area contributed by atoms with E-state index in [9.17, 15) is 0 Å². The molecule has 1 unspecified atom stereocenters. The lowest BCUT2D eigenvalue weighted by atomic mass is 9.89. The van der Waals surface area contributed by atoms with Crippen LogP contribution in [0.25, 0.3) is 0 Å². The van der Waals surface area contributed by atoms with Crippen LogP contribution in [-0.4, -0.2) is 36.6 Å². The van der Waals surface area contributed by atoms with Crippen molar-refractivity contribution >= 4 is 0 Å². The van der Waals surface area contributed by atoms with Gasteiger partial charge in [0.1, 0.15) is 0 Å². The summed E-state index contributed by atoms with van der Waals surface area (Å²) in [6, 6.07) is 0.835. The van der Waals surface area contributed by atoms with Gasteiger partial charge in [-0.25, -0.2) is 0 Å². The highest BCUT2D eigenvalue weighted by molar-refractivity contribution is 4.96. The average Bonchev–Trinajstić information content (AvgIpc) is 2.24. The molecule has 12 heavy (non-hydrogen) atoms. The maximum atomic E-state index is 3.78. The van der Waals surface area contributed by atoms with E-state index in [-0.39, 0.29) is 0 Å². The number of hydrogen-bond acceptors (Lipinski definition) is 2. The number of likely N-dealkylation sites (N-methyl/N-ethyl adjacent to an activating group) is 1. The molecule has 2 aliphatic rings. The predicted molar refractivity (Wildman–Crippen MR) is 51.3 cm³/mol. The molecular weight excluding hydrogens is 148 g/mol. The lowest BCUT2D eigenvalue weighted by molar-refractivity contribution is 0.238. The van der Waals surface area contributed by atoms with Crippen LogP contribution in [0.5, 0.6) is 0 Å². The third-order valence-corrected chi connectivity index (χ3v) is 3.32. The molecule has 2 heteroatoms. The van der Waals surface area contributed by atoms with E-state index in [1.54, 1.807) is 0 Å². The minimum Gasteiger partial charge on any atom is -0.307 e. The van der Waals surface area contributed by atoms with E-state index in [2.05, 4.69) is 24.2 Å². The van der Waals surface area contributed by atoms with Crippen LogP contribution in [-0.2, 0) is 0 Å². The molecule has 0 aromatic heterocycles. The van der Waals surface area contributed by atoms with Crippen molar-refractivity contribution in [3.05, 3.63) is 0 Å². The van der Waals surface area contributed by atoms with E-state index < -0.39 is 0 Å². The summed E-state index contributed by atoms with van der Waals surface area (Å²) in [5.41, 5.74) is 0.417. The second-order valence-corrected chi connectivity index (χ2v) is 4.82. The first-order chi connectivity index (χ1) is 5.68. The zero-order valence-electron chi connectivity index (χ0n) is 8.27. The van der Waals surface area contributed by atoms with Gasteiger partial charge in [-0.3, -0.25) is 0 Å². The number of hydrogen-bond donors (Lipinski definition) is 1. The molecule has 1 N–H and O–H groups in total. The van der Waals surface area contributed by atoms with Crippen LogP contribution < -0.4 is 5.32 Å². The van der Waals surface area contributed by atoms with Gasteiger partial charge in [0.25, 0.3) is 0 Å². The number of nitrogens with one attached hydrogen (secondary N) is 1. The Hall–Kier alpha value is -0.0800. The summed E-state index contributed by atoms with van der Waals surface area (Å²) in [6.07, 6.45) is 5.56. The summed E-state index contributed by atoms with van der Waals surface area (Å²) in [7, 11) is 2.22. The zero-order valence-corrected chi connectivity index (χ0v) is 8.27. The summed E-state index contributed by atoms with van der Waals surface area (Å²) in [6.45, 7) is 4.86. The van der Waals surface area contributed by atoms with Crippen LogP contribution in [0.4, 0.5) is 0 Å². The Balaban J connectivity index is 1.84. The fourth-order valence-electron chi connectivity index (χ4n) is 2.35. The van der Waals surface area contributed by atoms with Crippen LogP contribution in [0, 0.1) is 0 Å². The monoisotopic (exact) mass is 168 g/mol. The van der Waals surface area contributed by atoms with Crippen molar-refractivity contribution in [2.75, 3.05) is 20.1 Å². The Morgan fingerprint density at radius 2 is 2.17 bits per heavy atom. The fraction of sp³-hybridized carbons (Fsp3) is 1.00. The molecule has 0 aromatic carbocycles. The predicted octanol–water partition coefficient (Wildman–Crippen LogP) is 1.22. The molecule has 0 spiro atoms. The lowest BCUT2D eigenvalue weighted by Gasteiger charge is -2.36. The molecule has 2 rings (SSSR count). The standard InChI is InChI=1S/C10H20N2/c1-10(6-7-12(2)8-10)11-9-4-3-5-9/h9,11H,3-8H2,1-2H3. The Morgan fingerprint density at radius 3 is 2.58 bits per heavy atom. The molecule has 70 valence electrons. The molecule has 2 fully saturated rings. The second-order valence-electron chi connectivity index (χ2n) is 4.82. The molecule has 0 bridgehead atoms. The van der Waals surface area contributed by atoms with Crippen molar-refractivity contribution in [2.24, 2.45) is 0 Å². The molecule has 2 nitrogen and oxygen atoms in total. The lowest BCUT2D eigenvalue weighted by Crippen LogP contribution is -2.52. The first-order valence-electron chi connectivity index (χ1n) is 5.14. The molecule has 1 aliphatic carbocycles. The summed E-state index contributed by atoms with van der Waals surface area (Å²) in [5.74, 6) is 0. The minimum atomic E-state index is 0.417. The van der Waals surface area contributed by atoms with E-state index >= 15 is 0 Å². The van der Waals surface area contributed by atoms with Gasteiger partial charge in [-0.05, 0) is 39.8 Å². The van der Waals surface area contributed by atoms with E-state index in [4.69, 9.17) is 0 Å². The summed E-state index contributed by atoms with van der Waals surface area (Å²) in [4.78, 5) is 2.42. The van der Waals surface area contributed by atoms with Crippen LogP contribution in [0.3, 0.4) is 0 Å². The maximum absolute atomic E-state index is 3.78. The van der Waals surface area contributed by atoms with Gasteiger partial charge in [0.05, 0.1) is 0 Å². The SMILES string of the molecule is CN1CCC(C)(NC2CCC2)C1. The number of nitrogens with zero attached hydrogens (tertiary/aromatic N) is 1. The zero-order chi connectivity index (χ0) is 8.60. The Bertz CT molecular complexity index is 165. The Labute approximate surface area is 75.3 Å². The van der Waals surface area contributed by atoms with Gasteiger partial charge in [-0.1, -0.05) is 6.42 Å². The van der Waals surface area contributed by atoms with E-state index in [1.165, 1.54) is 38.8 Å². The fourth-order valence-corrected chi connectivity index (χ4v) is 2.35. The quantitative estimate of drug-likeness (QED) is 0.667. The molecule has 0 radical (unpaired) electrons. The third kappa shape index (κ3) is 1.64. The highest BCUT2D eigenvalue weighted by Gasteiger charge is 2.34. The van der Waals surface area contributed by atoms with Crippen LogP contribution in [0.2, 0.25) is 0 Å². The van der Waals surface area contributed by atoms with Crippen LogP contribution >= 0.6 is 0 Å². The molecule has 1 saturated carbocycles. The van der Waals surface area contributed by atoms with Crippen molar-refractivity contribution < 1.29 is 0 Å². The molecule has 1 atom stereocenters. The van der Waals surface area contributed by atoms with Crippen molar-refractivity contribution in [1.29, 1.82) is 0 Å². The van der Waals surface area contributed by atoms with Gasteiger partial charge in [0.2, 0.25) is 0 Å². The second kappa shape index (κ2) is 3.00. The molecule has 0 aromatic rings. The van der Waals surface area contributed by atoms with Crippen molar-refractivity contribution in [3.63, 3.8) is 0 Å². The topological polar surface area (TPSA) is 15.3 Å². The third-order valence-electron chi connectivity index (χ3n) is 3.32. The minimum absolute atomic E-state index is 0.417. The summed E-state index contributed by atoms with van der Waals surface area (Å²) < 4.78 is 0. The van der Waals surface area contributed by atoms with Gasteiger partial charge in [-0.15, -0.1) is 0 Å². The van der Waals surface area contributed by atoms with E-state index in [1.807, 2.05) is 0 Å². The van der Waals surface area contributed by atoms with Crippen molar-refractivity contribution in [3.8, 4) is 0 Å². The molecule has 1 aliphatic heterocycles. The summed E-state index contributed by atoms with van der Waals surface area (Å²) in [5, 5.41) is 3.78. The van der Waals surface area contributed by atoms with Crippen LogP contribution in [0.15, 0.2) is 0 Å². The van der Waals surface area contributed by atoms with Gasteiger partial charge in [0.15, 0.2) is 0 Å². The first-order valence-corrected chi connectivity index (χ1v) is 5.14. The van der Waals surface area contributed by atoms with Gasteiger partial charge < -0.3 is 10.2 Å². The number of likely N-dealkylation sites (tertiary alicyclic amines) is 1. The largest absolute Gasteiger partial charge is 0.307 e. The van der Waals surface area contributed by atoms with Gasteiger partial charge >= 0.3 is 0 Å². The molecule has 0 amide bonds. The summed E-state index contributed by atoms with van der Waals surface area (Å²) >= 11 is 0. The molecular formula is C10H20N2. The van der Waals surface area contributed by atoms with Gasteiger partial charge in [0, 0.05) is 18.1 Å². The average molecular weight is 168 g/mol. The van der Waals surface area contributed by atoms with Crippen molar-refractivity contribution in [1.82, 2.24) is 10.2 Å². The van der Waals surface area contributed by atoms with Crippen molar-refractivity contribution in [2.45, 2.75) is 44.2 Å². The van der Waals surface area contributed by atoms with E-state index in [0.29, 0.717) is 5.54 Å².